The fourth-order valence-corrected chi connectivity index (χ4v) is 4.77. The molecule has 3 rings (SSSR count). The van der Waals surface area contributed by atoms with Crippen LogP contribution in [0.2, 0.25) is 0 Å². The zero-order valence-corrected chi connectivity index (χ0v) is 17.4. The molecule has 1 N–H and O–H groups in total. The lowest BCUT2D eigenvalue weighted by molar-refractivity contribution is -0.176. The first kappa shape index (κ1) is 23.3. The van der Waals surface area contributed by atoms with Gasteiger partial charge in [-0.15, -0.1) is 0 Å². The van der Waals surface area contributed by atoms with Crippen molar-refractivity contribution in [2.24, 2.45) is 17.3 Å². The van der Waals surface area contributed by atoms with Gasteiger partial charge in [0.15, 0.2) is 5.41 Å². The summed E-state index contributed by atoms with van der Waals surface area (Å²) in [6, 6.07) is 10.9. The number of hydrogen-bond acceptors (Lipinski definition) is 6. The number of methoxy groups -OCH3 is 1. The van der Waals surface area contributed by atoms with Crippen LogP contribution >= 0.6 is 0 Å². The summed E-state index contributed by atoms with van der Waals surface area (Å²) in [6.07, 6.45) is -0.373. The highest BCUT2D eigenvalue weighted by atomic mass is 19.4. The van der Waals surface area contributed by atoms with E-state index in [1.54, 1.807) is 18.2 Å². The van der Waals surface area contributed by atoms with Gasteiger partial charge in [0.1, 0.15) is 18.3 Å². The van der Waals surface area contributed by atoms with E-state index in [1.165, 1.54) is 7.11 Å². The van der Waals surface area contributed by atoms with Crippen LogP contribution < -0.4 is 4.74 Å². The van der Waals surface area contributed by atoms with Gasteiger partial charge < -0.3 is 14.9 Å². The maximum atomic E-state index is 12.5. The molecule has 1 fully saturated rings. The van der Waals surface area contributed by atoms with Crippen molar-refractivity contribution in [3.05, 3.63) is 41.0 Å². The van der Waals surface area contributed by atoms with E-state index >= 15 is 0 Å². The molecule has 3 atom stereocenters. The standard InChI is InChI=1S/C23H21F3N4O2/c1-31-19-7-6-14(8-15(19)10-32-13-23(24,25)26)20-17-5-3-2-4-16(17)18(9-27)21(30)22(20,11-28)12-29/h4,6-8,17-18,20,30H,2-3,5,10,13H2,1H3/t17-,18+,20-/m1/s1. The third kappa shape index (κ3) is 4.07. The molecule has 166 valence electrons. The van der Waals surface area contributed by atoms with Crippen LogP contribution in [0, 0.1) is 56.7 Å². The summed E-state index contributed by atoms with van der Waals surface area (Å²) in [6.45, 7) is -1.80. The summed E-state index contributed by atoms with van der Waals surface area (Å²) in [5, 5.41) is 38.3. The largest absolute Gasteiger partial charge is 0.496 e. The van der Waals surface area contributed by atoms with Gasteiger partial charge in [0.05, 0.1) is 37.6 Å². The Morgan fingerprint density at radius 3 is 2.53 bits per heavy atom. The molecule has 0 amide bonds. The Morgan fingerprint density at radius 2 is 1.94 bits per heavy atom. The molecule has 2 aliphatic rings. The van der Waals surface area contributed by atoms with Gasteiger partial charge in [0.2, 0.25) is 0 Å². The highest BCUT2D eigenvalue weighted by Gasteiger charge is 2.57. The van der Waals surface area contributed by atoms with Gasteiger partial charge in [-0.2, -0.15) is 29.0 Å². The zero-order chi connectivity index (χ0) is 23.5. The van der Waals surface area contributed by atoms with E-state index < -0.39 is 30.0 Å². The van der Waals surface area contributed by atoms with E-state index in [-0.39, 0.29) is 18.2 Å². The molecule has 0 bridgehead atoms. The average Bonchev–Trinajstić information content (AvgIpc) is 2.77. The van der Waals surface area contributed by atoms with Crippen LogP contribution in [0.1, 0.15) is 36.3 Å². The van der Waals surface area contributed by atoms with Crippen LogP contribution in [0.25, 0.3) is 0 Å². The number of alkyl halides is 3. The topological polar surface area (TPSA) is 114 Å². The Labute approximate surface area is 184 Å². The van der Waals surface area contributed by atoms with Gasteiger partial charge in [-0.05, 0) is 48.4 Å². The number of rotatable bonds is 5. The lowest BCUT2D eigenvalue weighted by Gasteiger charge is -2.45. The Morgan fingerprint density at radius 1 is 1.22 bits per heavy atom. The number of allylic oxidation sites excluding steroid dienone is 2. The molecule has 2 aliphatic carbocycles. The summed E-state index contributed by atoms with van der Waals surface area (Å²) in [7, 11) is 1.38. The Balaban J connectivity index is 2.10. The smallest absolute Gasteiger partial charge is 0.411 e. The highest BCUT2D eigenvalue weighted by Crippen LogP contribution is 2.55. The Hall–Kier alpha value is -3.35. The second-order valence-electron chi connectivity index (χ2n) is 7.91. The van der Waals surface area contributed by atoms with Crippen molar-refractivity contribution < 1.29 is 22.6 Å². The molecule has 0 heterocycles. The second kappa shape index (κ2) is 9.02. The molecule has 0 unspecified atom stereocenters. The number of fused-ring (bicyclic) bond motifs is 1. The molecule has 1 aromatic carbocycles. The normalized spacial score (nSPS) is 24.3. The summed E-state index contributed by atoms with van der Waals surface area (Å²) in [5.74, 6) is -1.67. The summed E-state index contributed by atoms with van der Waals surface area (Å²) in [5.41, 5.74) is -0.517. The number of benzene rings is 1. The maximum absolute atomic E-state index is 12.5. The molecule has 0 aliphatic heterocycles. The quantitative estimate of drug-likeness (QED) is 0.659. The highest BCUT2D eigenvalue weighted by molar-refractivity contribution is 6.00. The van der Waals surface area contributed by atoms with Crippen LogP contribution in [0.4, 0.5) is 13.2 Å². The molecule has 0 aromatic heterocycles. The number of nitriles is 3. The first-order valence-corrected chi connectivity index (χ1v) is 10.0. The van der Waals surface area contributed by atoms with Crippen LogP contribution in [0.15, 0.2) is 29.8 Å². The van der Waals surface area contributed by atoms with Gasteiger partial charge in [-0.3, -0.25) is 0 Å². The average molecular weight is 442 g/mol. The molecule has 6 nitrogen and oxygen atoms in total. The van der Waals surface area contributed by atoms with Gasteiger partial charge in [-0.1, -0.05) is 12.1 Å². The van der Waals surface area contributed by atoms with E-state index in [1.807, 2.05) is 18.2 Å². The van der Waals surface area contributed by atoms with Crippen molar-refractivity contribution in [3.8, 4) is 24.0 Å². The number of nitrogens with one attached hydrogen (secondary N) is 1. The molecular weight excluding hydrogens is 421 g/mol. The zero-order valence-electron chi connectivity index (χ0n) is 17.4. The molecule has 1 aromatic rings. The van der Waals surface area contributed by atoms with E-state index in [2.05, 4.69) is 6.07 Å². The van der Waals surface area contributed by atoms with Crippen LogP contribution in [-0.4, -0.2) is 25.6 Å². The molecule has 32 heavy (non-hydrogen) atoms. The van der Waals surface area contributed by atoms with Crippen molar-refractivity contribution in [2.45, 2.75) is 38.0 Å². The summed E-state index contributed by atoms with van der Waals surface area (Å²) < 4.78 is 47.6. The maximum Gasteiger partial charge on any atom is 0.411 e. The molecule has 0 saturated heterocycles. The lowest BCUT2D eigenvalue weighted by Crippen LogP contribution is -2.48. The molecule has 1 saturated carbocycles. The number of nitrogens with zero attached hydrogens (tertiary/aromatic N) is 3. The SMILES string of the molecule is COc1ccc([C@@H]2[C@@H]3CCCC=C3[C@H](C#N)C(=N)C2(C#N)C#N)cc1COCC(F)(F)F. The third-order valence-electron chi connectivity index (χ3n) is 6.11. The number of ether oxygens (including phenoxy) is 2. The van der Waals surface area contributed by atoms with Gasteiger partial charge in [-0.25, -0.2) is 0 Å². The minimum Gasteiger partial charge on any atom is -0.496 e. The predicted octanol–water partition coefficient (Wildman–Crippen LogP) is 4.79. The molecular formula is C23H21F3N4O2. The summed E-state index contributed by atoms with van der Waals surface area (Å²) >= 11 is 0. The minimum atomic E-state index is -4.48. The van der Waals surface area contributed by atoms with E-state index in [9.17, 15) is 29.0 Å². The minimum absolute atomic E-state index is 0.259. The number of hydrogen-bond donors (Lipinski definition) is 1. The Bertz CT molecular complexity index is 1040. The first-order chi connectivity index (χ1) is 15.2. The van der Waals surface area contributed by atoms with E-state index in [0.717, 1.165) is 18.4 Å². The van der Waals surface area contributed by atoms with Crippen LogP contribution in [-0.2, 0) is 11.3 Å². The van der Waals surface area contributed by atoms with Crippen molar-refractivity contribution in [1.82, 2.24) is 0 Å². The first-order valence-electron chi connectivity index (χ1n) is 10.0. The van der Waals surface area contributed by atoms with Crippen molar-refractivity contribution in [2.75, 3.05) is 13.7 Å². The predicted molar refractivity (Wildman–Crippen MR) is 107 cm³/mol. The Kier molecular flexibility index (Phi) is 6.57. The molecule has 9 heteroatoms. The van der Waals surface area contributed by atoms with Crippen LogP contribution in [0.3, 0.4) is 0 Å². The lowest BCUT2D eigenvalue weighted by atomic mass is 9.53. The second-order valence-corrected chi connectivity index (χ2v) is 7.91. The van der Waals surface area contributed by atoms with Gasteiger partial charge in [0.25, 0.3) is 0 Å². The van der Waals surface area contributed by atoms with E-state index in [4.69, 9.17) is 14.9 Å². The fraction of sp³-hybridized carbons (Fsp3) is 0.478. The monoisotopic (exact) mass is 442 g/mol. The van der Waals surface area contributed by atoms with Gasteiger partial charge >= 0.3 is 6.18 Å². The fourth-order valence-electron chi connectivity index (χ4n) is 4.77. The van der Waals surface area contributed by atoms with Crippen molar-refractivity contribution in [1.29, 1.82) is 21.2 Å². The summed E-state index contributed by atoms with van der Waals surface area (Å²) in [4.78, 5) is 0. The molecule has 0 spiro atoms. The molecule has 0 radical (unpaired) electrons. The van der Waals surface area contributed by atoms with Gasteiger partial charge in [0, 0.05) is 11.5 Å². The van der Waals surface area contributed by atoms with Crippen molar-refractivity contribution >= 4 is 5.71 Å². The number of halogens is 3. The van der Waals surface area contributed by atoms with Crippen molar-refractivity contribution in [3.63, 3.8) is 0 Å². The third-order valence-corrected chi connectivity index (χ3v) is 6.11. The van der Waals surface area contributed by atoms with E-state index in [0.29, 0.717) is 23.3 Å². The van der Waals surface area contributed by atoms with Crippen LogP contribution in [0.5, 0.6) is 5.75 Å².